The van der Waals surface area contributed by atoms with E-state index in [1.165, 1.54) is 42.5 Å². The van der Waals surface area contributed by atoms with Crippen molar-refractivity contribution in [3.05, 3.63) is 52.8 Å². The largest absolute Gasteiger partial charge is 0.369 e. The molecule has 0 radical (unpaired) electrons. The molecule has 1 aromatic heterocycles. The molecule has 3 N–H and O–H groups in total. The highest BCUT2D eigenvalue weighted by Crippen LogP contribution is 2.42. The number of nitrogens with one attached hydrogen (secondary N) is 1. The maximum absolute atomic E-state index is 14.6. The lowest BCUT2D eigenvalue weighted by atomic mass is 9.78. The molecule has 1 aromatic carbocycles. The summed E-state index contributed by atoms with van der Waals surface area (Å²) in [6.45, 7) is 3.33. The third-order valence-corrected chi connectivity index (χ3v) is 4.71. The molecule has 1 aliphatic rings. The van der Waals surface area contributed by atoms with Gasteiger partial charge < -0.3 is 11.1 Å². The van der Waals surface area contributed by atoms with Crippen molar-refractivity contribution in [3.8, 4) is 0 Å². The molecule has 0 bridgehead atoms. The number of hydrogen-bond acceptors (Lipinski definition) is 6. The predicted octanol–water partition coefficient (Wildman–Crippen LogP) is 2.38. The lowest BCUT2D eigenvalue weighted by Crippen LogP contribution is -2.51. The van der Waals surface area contributed by atoms with Crippen molar-refractivity contribution < 1.29 is 14.0 Å². The van der Waals surface area contributed by atoms with Crippen LogP contribution in [-0.4, -0.2) is 39.7 Å². The number of aromatic nitrogens is 2. The van der Waals surface area contributed by atoms with Crippen LogP contribution >= 0.6 is 11.6 Å². The zero-order valence-corrected chi connectivity index (χ0v) is 16.2. The SMILES string of the molecule is CN1C(=O)C(C)(C)C(c2cc(NC(=O)c3ncc(Cl)cn3)ccc2F)N=C1N. The Labute approximate surface area is 165 Å². The molecule has 0 saturated heterocycles. The third-order valence-electron chi connectivity index (χ3n) is 4.52. The van der Waals surface area contributed by atoms with Gasteiger partial charge in [0.15, 0.2) is 5.96 Å². The average molecular weight is 405 g/mol. The minimum absolute atomic E-state index is 0.00210. The first-order chi connectivity index (χ1) is 13.1. The Hall–Kier alpha value is -3.07. The van der Waals surface area contributed by atoms with Gasteiger partial charge in [-0.3, -0.25) is 14.5 Å². The molecule has 0 spiro atoms. The highest BCUT2D eigenvalue weighted by Gasteiger charge is 2.45. The number of benzene rings is 1. The lowest BCUT2D eigenvalue weighted by Gasteiger charge is -2.38. The van der Waals surface area contributed by atoms with Crippen molar-refractivity contribution in [2.24, 2.45) is 16.1 Å². The van der Waals surface area contributed by atoms with E-state index < -0.39 is 23.2 Å². The fourth-order valence-electron chi connectivity index (χ4n) is 2.94. The van der Waals surface area contributed by atoms with E-state index in [1.807, 2.05) is 0 Å². The van der Waals surface area contributed by atoms with E-state index in [0.29, 0.717) is 10.7 Å². The van der Waals surface area contributed by atoms with Gasteiger partial charge >= 0.3 is 0 Å². The van der Waals surface area contributed by atoms with Crippen LogP contribution in [0.4, 0.5) is 10.1 Å². The van der Waals surface area contributed by atoms with Crippen LogP contribution in [0.25, 0.3) is 0 Å². The van der Waals surface area contributed by atoms with Gasteiger partial charge in [0.25, 0.3) is 5.91 Å². The number of nitrogens with zero attached hydrogens (tertiary/aromatic N) is 4. The van der Waals surface area contributed by atoms with E-state index in [4.69, 9.17) is 17.3 Å². The minimum atomic E-state index is -1.03. The molecule has 1 aliphatic heterocycles. The summed E-state index contributed by atoms with van der Waals surface area (Å²) in [5.74, 6) is -1.53. The lowest BCUT2D eigenvalue weighted by molar-refractivity contribution is -0.137. The standard InChI is InChI=1S/C18H18ClFN6O2/c1-18(2)13(25-17(21)26(3)16(18)28)11-6-10(4-5-12(11)20)24-15(27)14-22-7-9(19)8-23-14/h4-8,13H,1-3H3,(H2,21,25)(H,24,27). The van der Waals surface area contributed by atoms with E-state index in [-0.39, 0.29) is 23.3 Å². The Morgan fingerprint density at radius 1 is 1.32 bits per heavy atom. The van der Waals surface area contributed by atoms with E-state index in [1.54, 1.807) is 13.8 Å². The van der Waals surface area contributed by atoms with Crippen LogP contribution in [0.5, 0.6) is 0 Å². The van der Waals surface area contributed by atoms with Gasteiger partial charge in [0.2, 0.25) is 11.7 Å². The number of aliphatic imine (C=N–C) groups is 1. The second kappa shape index (κ2) is 7.16. The van der Waals surface area contributed by atoms with Crippen molar-refractivity contribution >= 4 is 35.1 Å². The molecule has 3 rings (SSSR count). The van der Waals surface area contributed by atoms with Gasteiger partial charge in [-0.15, -0.1) is 0 Å². The molecule has 0 aliphatic carbocycles. The van der Waals surface area contributed by atoms with Crippen LogP contribution in [0.3, 0.4) is 0 Å². The number of halogens is 2. The zero-order valence-electron chi connectivity index (χ0n) is 15.4. The fourth-order valence-corrected chi connectivity index (χ4v) is 3.04. The Morgan fingerprint density at radius 2 is 1.96 bits per heavy atom. The Balaban J connectivity index is 1.94. The number of carbonyl (C=O) groups excluding carboxylic acids is 2. The maximum Gasteiger partial charge on any atom is 0.293 e. The minimum Gasteiger partial charge on any atom is -0.369 e. The van der Waals surface area contributed by atoms with E-state index >= 15 is 0 Å². The number of carbonyl (C=O) groups is 2. The van der Waals surface area contributed by atoms with Gasteiger partial charge in [-0.2, -0.15) is 0 Å². The number of hydrogen-bond donors (Lipinski definition) is 2. The third kappa shape index (κ3) is 3.53. The van der Waals surface area contributed by atoms with Crippen molar-refractivity contribution in [1.29, 1.82) is 0 Å². The first kappa shape index (κ1) is 19.7. The Kier molecular flexibility index (Phi) is 5.03. The molecule has 146 valence electrons. The summed E-state index contributed by atoms with van der Waals surface area (Å²) in [5.41, 5.74) is 5.23. The van der Waals surface area contributed by atoms with E-state index in [9.17, 15) is 14.0 Å². The van der Waals surface area contributed by atoms with Gasteiger partial charge in [0.1, 0.15) is 5.82 Å². The van der Waals surface area contributed by atoms with Crippen molar-refractivity contribution in [1.82, 2.24) is 14.9 Å². The quantitative estimate of drug-likeness (QED) is 0.815. The number of rotatable bonds is 3. The van der Waals surface area contributed by atoms with Crippen LogP contribution in [0.2, 0.25) is 5.02 Å². The Bertz CT molecular complexity index is 977. The monoisotopic (exact) mass is 404 g/mol. The normalized spacial score (nSPS) is 18.6. The summed E-state index contributed by atoms with van der Waals surface area (Å²) in [6, 6.07) is 3.16. The molecular formula is C18H18ClFN6O2. The van der Waals surface area contributed by atoms with Crippen molar-refractivity contribution in [3.63, 3.8) is 0 Å². The first-order valence-corrected chi connectivity index (χ1v) is 8.69. The van der Waals surface area contributed by atoms with Gasteiger partial charge in [0, 0.05) is 30.7 Å². The van der Waals surface area contributed by atoms with Crippen LogP contribution in [0.15, 0.2) is 35.6 Å². The molecule has 8 nitrogen and oxygen atoms in total. The second-order valence-corrected chi connectivity index (χ2v) is 7.33. The van der Waals surface area contributed by atoms with E-state index in [0.717, 1.165) is 0 Å². The molecule has 10 heteroatoms. The highest BCUT2D eigenvalue weighted by atomic mass is 35.5. The molecule has 2 heterocycles. The van der Waals surface area contributed by atoms with Crippen LogP contribution in [0.1, 0.15) is 36.1 Å². The molecule has 0 fully saturated rings. The molecule has 1 atom stereocenters. The topological polar surface area (TPSA) is 114 Å². The average Bonchev–Trinajstić information content (AvgIpc) is 2.65. The van der Waals surface area contributed by atoms with Gasteiger partial charge in [-0.25, -0.2) is 19.4 Å². The number of amides is 2. The number of nitrogens with two attached hydrogens (primary N) is 1. The van der Waals surface area contributed by atoms with Crippen molar-refractivity contribution in [2.45, 2.75) is 19.9 Å². The van der Waals surface area contributed by atoms with Crippen LogP contribution in [-0.2, 0) is 4.79 Å². The summed E-state index contributed by atoms with van der Waals surface area (Å²) in [7, 11) is 1.51. The molecule has 2 aromatic rings. The predicted molar refractivity (Wildman–Crippen MR) is 102 cm³/mol. The molecule has 1 unspecified atom stereocenters. The Morgan fingerprint density at radius 3 is 2.61 bits per heavy atom. The fraction of sp³-hybridized carbons (Fsp3) is 0.278. The number of guanidine groups is 1. The summed E-state index contributed by atoms with van der Waals surface area (Å²) in [6.07, 6.45) is 2.59. The van der Waals surface area contributed by atoms with Gasteiger partial charge in [-0.05, 0) is 32.0 Å². The second-order valence-electron chi connectivity index (χ2n) is 6.89. The summed E-state index contributed by atoms with van der Waals surface area (Å²) >= 11 is 5.71. The smallest absolute Gasteiger partial charge is 0.293 e. The summed E-state index contributed by atoms with van der Waals surface area (Å²) < 4.78 is 14.6. The molecule has 28 heavy (non-hydrogen) atoms. The zero-order chi connectivity index (χ0) is 20.6. The first-order valence-electron chi connectivity index (χ1n) is 8.31. The molecule has 0 saturated carbocycles. The molecular weight excluding hydrogens is 387 g/mol. The van der Waals surface area contributed by atoms with Crippen molar-refractivity contribution in [2.75, 3.05) is 12.4 Å². The summed E-state index contributed by atoms with van der Waals surface area (Å²) in [5, 5.41) is 2.89. The van der Waals surface area contributed by atoms with Crippen LogP contribution < -0.4 is 11.1 Å². The highest BCUT2D eigenvalue weighted by molar-refractivity contribution is 6.30. The summed E-state index contributed by atoms with van der Waals surface area (Å²) in [4.78, 5) is 38.1. The van der Waals surface area contributed by atoms with E-state index in [2.05, 4.69) is 20.3 Å². The van der Waals surface area contributed by atoms with Gasteiger partial charge in [0.05, 0.1) is 16.5 Å². The van der Waals surface area contributed by atoms with Gasteiger partial charge in [-0.1, -0.05) is 11.6 Å². The maximum atomic E-state index is 14.6. The number of anilines is 1. The molecule has 2 amide bonds. The van der Waals surface area contributed by atoms with Crippen LogP contribution in [0, 0.1) is 11.2 Å².